The first-order valence-electron chi connectivity index (χ1n) is 6.75. The molecule has 1 saturated heterocycles. The number of likely N-dealkylation sites (tertiary alicyclic amines) is 1. The summed E-state index contributed by atoms with van der Waals surface area (Å²) in [6, 6.07) is 1.96. The van der Waals surface area contributed by atoms with Crippen LogP contribution >= 0.6 is 0 Å². The molecule has 0 spiro atoms. The van der Waals surface area contributed by atoms with Crippen molar-refractivity contribution >= 4 is 11.7 Å². The predicted octanol–water partition coefficient (Wildman–Crippen LogP) is 0.514. The van der Waals surface area contributed by atoms with Gasteiger partial charge in [0.25, 0.3) is 0 Å². The van der Waals surface area contributed by atoms with E-state index in [0.717, 1.165) is 31.5 Å². The van der Waals surface area contributed by atoms with Crippen molar-refractivity contribution in [1.82, 2.24) is 14.7 Å². The van der Waals surface area contributed by atoms with E-state index in [1.165, 1.54) is 0 Å². The molecule has 1 aromatic heterocycles. The van der Waals surface area contributed by atoms with Crippen molar-refractivity contribution in [1.29, 1.82) is 0 Å². The molecule has 0 aromatic carbocycles. The molecule has 2 N–H and O–H groups in total. The Kier molecular flexibility index (Phi) is 4.55. The number of hydrogen-bond donors (Lipinski definition) is 2. The molecule has 0 saturated carbocycles. The fraction of sp³-hybridized carbons (Fsp3) is 0.692. The zero-order chi connectivity index (χ0) is 13.8. The van der Waals surface area contributed by atoms with Crippen LogP contribution in [0.1, 0.15) is 25.0 Å². The Labute approximate surface area is 113 Å². The van der Waals surface area contributed by atoms with Crippen LogP contribution < -0.4 is 5.32 Å². The molecule has 0 radical (unpaired) electrons. The first-order chi connectivity index (χ1) is 9.10. The zero-order valence-electron chi connectivity index (χ0n) is 11.6. The number of aryl methyl sites for hydroxylation is 2. The molecular formula is C13H22N4O2. The van der Waals surface area contributed by atoms with Crippen molar-refractivity contribution in [2.75, 3.05) is 25.0 Å². The third kappa shape index (κ3) is 3.54. The minimum absolute atomic E-state index is 0.0525. The molecule has 1 aromatic rings. The van der Waals surface area contributed by atoms with Crippen LogP contribution in [0.4, 0.5) is 5.82 Å². The summed E-state index contributed by atoms with van der Waals surface area (Å²) in [5.41, 5.74) is 0.879. The molecule has 1 fully saturated rings. The van der Waals surface area contributed by atoms with E-state index in [2.05, 4.69) is 15.3 Å². The molecule has 6 nitrogen and oxygen atoms in total. The minimum atomic E-state index is -0.0525. The predicted molar refractivity (Wildman–Crippen MR) is 72.9 cm³/mol. The molecule has 1 aliphatic rings. The molecule has 1 unspecified atom stereocenters. The highest BCUT2D eigenvalue weighted by molar-refractivity contribution is 5.91. The van der Waals surface area contributed by atoms with Gasteiger partial charge in [-0.1, -0.05) is 6.42 Å². The van der Waals surface area contributed by atoms with Gasteiger partial charge < -0.3 is 10.4 Å². The van der Waals surface area contributed by atoms with E-state index >= 15 is 0 Å². The van der Waals surface area contributed by atoms with Crippen LogP contribution in [-0.2, 0) is 11.8 Å². The molecule has 0 aliphatic carbocycles. The highest BCUT2D eigenvalue weighted by Gasteiger charge is 2.23. The summed E-state index contributed by atoms with van der Waals surface area (Å²) in [4.78, 5) is 14.1. The van der Waals surface area contributed by atoms with Crippen molar-refractivity contribution in [3.05, 3.63) is 11.8 Å². The third-order valence-corrected chi connectivity index (χ3v) is 3.58. The largest absolute Gasteiger partial charge is 0.395 e. The summed E-state index contributed by atoms with van der Waals surface area (Å²) in [5, 5.41) is 16.4. The Morgan fingerprint density at radius 2 is 2.37 bits per heavy atom. The van der Waals surface area contributed by atoms with Crippen LogP contribution in [-0.4, -0.2) is 51.4 Å². The van der Waals surface area contributed by atoms with Crippen molar-refractivity contribution in [2.24, 2.45) is 7.05 Å². The number of hydrogen-bond acceptors (Lipinski definition) is 4. The number of aromatic nitrogens is 2. The average molecular weight is 266 g/mol. The molecule has 2 heterocycles. The van der Waals surface area contributed by atoms with Gasteiger partial charge in [0.05, 0.1) is 18.8 Å². The number of nitrogens with zero attached hydrogens (tertiary/aromatic N) is 3. The van der Waals surface area contributed by atoms with Gasteiger partial charge in [0.2, 0.25) is 5.91 Å². The van der Waals surface area contributed by atoms with Crippen LogP contribution in [0.25, 0.3) is 0 Å². The van der Waals surface area contributed by atoms with Crippen LogP contribution in [0, 0.1) is 6.92 Å². The number of aliphatic hydroxyl groups is 1. The highest BCUT2D eigenvalue weighted by atomic mass is 16.3. The molecule has 1 aliphatic heterocycles. The Morgan fingerprint density at radius 3 is 3.00 bits per heavy atom. The van der Waals surface area contributed by atoms with Gasteiger partial charge in [-0.05, 0) is 26.3 Å². The van der Waals surface area contributed by atoms with Crippen molar-refractivity contribution < 1.29 is 9.90 Å². The lowest BCUT2D eigenvalue weighted by Gasteiger charge is -2.33. The van der Waals surface area contributed by atoms with Gasteiger partial charge in [-0.2, -0.15) is 5.10 Å². The molecule has 19 heavy (non-hydrogen) atoms. The summed E-state index contributed by atoms with van der Waals surface area (Å²) in [7, 11) is 1.81. The molecule has 106 valence electrons. The summed E-state index contributed by atoms with van der Waals surface area (Å²) in [6.07, 6.45) is 3.19. The molecule has 1 amide bonds. The number of carbonyl (C=O) groups excluding carboxylic acids is 1. The van der Waals surface area contributed by atoms with Gasteiger partial charge in [0.15, 0.2) is 0 Å². The van der Waals surface area contributed by atoms with E-state index in [1.807, 2.05) is 13.0 Å². The zero-order valence-corrected chi connectivity index (χ0v) is 11.6. The van der Waals surface area contributed by atoms with E-state index in [0.29, 0.717) is 12.4 Å². The normalized spacial score (nSPS) is 20.5. The number of carbonyl (C=O) groups is 1. The maximum Gasteiger partial charge on any atom is 0.239 e. The number of nitrogens with one attached hydrogen (secondary N) is 1. The Balaban J connectivity index is 1.91. The fourth-order valence-electron chi connectivity index (χ4n) is 2.57. The van der Waals surface area contributed by atoms with E-state index in [1.54, 1.807) is 11.7 Å². The SMILES string of the molecule is Cc1cc(NC(=O)CN2CCCCC2CO)n(C)n1. The number of aliphatic hydroxyl groups excluding tert-OH is 1. The number of amides is 1. The van der Waals surface area contributed by atoms with Crippen molar-refractivity contribution in [3.8, 4) is 0 Å². The summed E-state index contributed by atoms with van der Waals surface area (Å²) < 4.78 is 1.66. The molecule has 6 heteroatoms. The third-order valence-electron chi connectivity index (χ3n) is 3.58. The first-order valence-corrected chi connectivity index (χ1v) is 6.75. The summed E-state index contributed by atoms with van der Waals surface area (Å²) in [6.45, 7) is 3.22. The summed E-state index contributed by atoms with van der Waals surface area (Å²) >= 11 is 0. The van der Waals surface area contributed by atoms with E-state index in [4.69, 9.17) is 0 Å². The van der Waals surface area contributed by atoms with E-state index in [-0.39, 0.29) is 18.6 Å². The van der Waals surface area contributed by atoms with Gasteiger partial charge >= 0.3 is 0 Å². The van der Waals surface area contributed by atoms with Crippen molar-refractivity contribution in [3.63, 3.8) is 0 Å². The Morgan fingerprint density at radius 1 is 1.58 bits per heavy atom. The van der Waals surface area contributed by atoms with E-state index < -0.39 is 0 Å². The van der Waals surface area contributed by atoms with Crippen LogP contribution in [0.3, 0.4) is 0 Å². The monoisotopic (exact) mass is 266 g/mol. The molecule has 0 bridgehead atoms. The van der Waals surface area contributed by atoms with Gasteiger partial charge in [0, 0.05) is 19.2 Å². The summed E-state index contributed by atoms with van der Waals surface area (Å²) in [5.74, 6) is 0.656. The topological polar surface area (TPSA) is 70.4 Å². The minimum Gasteiger partial charge on any atom is -0.395 e. The molecular weight excluding hydrogens is 244 g/mol. The highest BCUT2D eigenvalue weighted by Crippen LogP contribution is 2.16. The molecule has 1 atom stereocenters. The lowest BCUT2D eigenvalue weighted by atomic mass is 10.0. The number of anilines is 1. The number of rotatable bonds is 4. The van der Waals surface area contributed by atoms with Gasteiger partial charge in [0.1, 0.15) is 5.82 Å². The van der Waals surface area contributed by atoms with Gasteiger partial charge in [-0.15, -0.1) is 0 Å². The van der Waals surface area contributed by atoms with Crippen LogP contribution in [0.15, 0.2) is 6.07 Å². The Bertz CT molecular complexity index is 444. The second kappa shape index (κ2) is 6.16. The van der Waals surface area contributed by atoms with Crippen molar-refractivity contribution in [2.45, 2.75) is 32.2 Å². The van der Waals surface area contributed by atoms with E-state index in [9.17, 15) is 9.90 Å². The van der Waals surface area contributed by atoms with Gasteiger partial charge in [-0.25, -0.2) is 0 Å². The average Bonchev–Trinajstić information content (AvgIpc) is 2.68. The van der Waals surface area contributed by atoms with Gasteiger partial charge in [-0.3, -0.25) is 14.4 Å². The maximum atomic E-state index is 12.0. The van der Waals surface area contributed by atoms with Crippen LogP contribution in [0.5, 0.6) is 0 Å². The number of piperidine rings is 1. The lowest BCUT2D eigenvalue weighted by Crippen LogP contribution is -2.45. The second-order valence-electron chi connectivity index (χ2n) is 5.15. The maximum absolute atomic E-state index is 12.0. The smallest absolute Gasteiger partial charge is 0.239 e. The lowest BCUT2D eigenvalue weighted by molar-refractivity contribution is -0.118. The van der Waals surface area contributed by atoms with Crippen LogP contribution in [0.2, 0.25) is 0 Å². The Hall–Kier alpha value is -1.40. The standard InChI is InChI=1S/C13H22N4O2/c1-10-7-12(16(2)15-10)14-13(19)8-17-6-4-3-5-11(17)9-18/h7,11,18H,3-6,8-9H2,1-2H3,(H,14,19). The first kappa shape index (κ1) is 14.0. The second-order valence-corrected chi connectivity index (χ2v) is 5.15. The molecule has 2 rings (SSSR count). The quantitative estimate of drug-likeness (QED) is 0.833. The fourth-order valence-corrected chi connectivity index (χ4v) is 2.57.